The van der Waals surface area contributed by atoms with Crippen molar-refractivity contribution in [2.24, 2.45) is 0 Å². The lowest BCUT2D eigenvalue weighted by molar-refractivity contribution is -0.121. The summed E-state index contributed by atoms with van der Waals surface area (Å²) in [4.78, 5) is 30.8. The summed E-state index contributed by atoms with van der Waals surface area (Å²) in [5, 5.41) is 4.48. The summed E-state index contributed by atoms with van der Waals surface area (Å²) >= 11 is 1.58. The van der Waals surface area contributed by atoms with Crippen LogP contribution >= 0.6 is 11.8 Å². The molecule has 0 fully saturated rings. The maximum absolute atomic E-state index is 13.3. The smallest absolute Gasteiger partial charge is 0.278 e. The van der Waals surface area contributed by atoms with Crippen molar-refractivity contribution in [2.75, 3.05) is 12.9 Å². The number of carbonyl (C=O) groups excluding carboxylic acids is 1. The van der Waals surface area contributed by atoms with Gasteiger partial charge in [0, 0.05) is 24.2 Å². The predicted octanol–water partition coefficient (Wildman–Crippen LogP) is 2.78. The fraction of sp³-hybridized carbons (Fsp3) is 0.227. The number of nitrogens with zero attached hydrogens (tertiary/aromatic N) is 3. The Bertz CT molecular complexity index is 1330. The summed E-state index contributed by atoms with van der Waals surface area (Å²) in [6.07, 6.45) is 0. The number of methoxy groups -OCH3 is 1. The molecule has 30 heavy (non-hydrogen) atoms. The highest BCUT2D eigenvalue weighted by molar-refractivity contribution is 7.99. The number of hydrogen-bond acceptors (Lipinski definition) is 5. The van der Waals surface area contributed by atoms with Crippen LogP contribution in [0.2, 0.25) is 0 Å². The van der Waals surface area contributed by atoms with Gasteiger partial charge in [0.25, 0.3) is 5.56 Å². The molecular weight excluding hydrogens is 400 g/mol. The largest absolute Gasteiger partial charge is 0.497 e. The van der Waals surface area contributed by atoms with Gasteiger partial charge in [0.15, 0.2) is 5.16 Å². The molecule has 0 radical (unpaired) electrons. The van der Waals surface area contributed by atoms with Crippen molar-refractivity contribution in [3.63, 3.8) is 0 Å². The van der Waals surface area contributed by atoms with Gasteiger partial charge in [-0.25, -0.2) is 4.98 Å². The van der Waals surface area contributed by atoms with E-state index < -0.39 is 0 Å². The predicted molar refractivity (Wildman–Crippen MR) is 117 cm³/mol. The molecule has 0 atom stereocenters. The molecule has 2 aromatic heterocycles. The average Bonchev–Trinajstić information content (AvgIpc) is 3.37. The molecule has 0 spiro atoms. The van der Waals surface area contributed by atoms with Crippen LogP contribution in [0.4, 0.5) is 0 Å². The molecule has 3 heterocycles. The number of carbonyl (C=O) groups is 1. The molecule has 152 valence electrons. The number of amides is 1. The van der Waals surface area contributed by atoms with Crippen LogP contribution in [0.1, 0.15) is 5.56 Å². The van der Waals surface area contributed by atoms with Crippen LogP contribution in [0.5, 0.6) is 5.75 Å². The number of nitrogens with one attached hydrogen (secondary N) is 1. The molecule has 0 unspecified atom stereocenters. The van der Waals surface area contributed by atoms with Gasteiger partial charge < -0.3 is 14.6 Å². The number of benzene rings is 2. The van der Waals surface area contributed by atoms with Crippen LogP contribution < -0.4 is 15.6 Å². The van der Waals surface area contributed by atoms with Crippen LogP contribution in [-0.4, -0.2) is 32.9 Å². The Morgan fingerprint density at radius 2 is 2.07 bits per heavy atom. The summed E-state index contributed by atoms with van der Waals surface area (Å²) in [7, 11) is 1.60. The van der Waals surface area contributed by atoms with Gasteiger partial charge in [0.1, 0.15) is 23.3 Å². The monoisotopic (exact) mass is 420 g/mol. The number of hydrogen-bond donors (Lipinski definition) is 1. The van der Waals surface area contributed by atoms with Crippen molar-refractivity contribution < 1.29 is 9.53 Å². The molecule has 1 aliphatic heterocycles. The van der Waals surface area contributed by atoms with Crippen molar-refractivity contribution in [1.82, 2.24) is 19.4 Å². The third-order valence-electron chi connectivity index (χ3n) is 5.31. The topological polar surface area (TPSA) is 78.2 Å². The molecule has 2 aromatic carbocycles. The van der Waals surface area contributed by atoms with E-state index in [1.807, 2.05) is 48.5 Å². The number of fused-ring (bicyclic) bond motifs is 4. The van der Waals surface area contributed by atoms with Gasteiger partial charge in [-0.05, 0) is 23.8 Å². The molecule has 0 saturated carbocycles. The Balaban J connectivity index is 1.59. The number of aromatic nitrogens is 3. The molecular formula is C22H20N4O3S. The first-order valence-electron chi connectivity index (χ1n) is 9.70. The van der Waals surface area contributed by atoms with Gasteiger partial charge in [-0.15, -0.1) is 0 Å². The lowest BCUT2D eigenvalue weighted by Gasteiger charge is -2.09. The van der Waals surface area contributed by atoms with E-state index in [2.05, 4.69) is 5.32 Å². The lowest BCUT2D eigenvalue weighted by atomic mass is 10.2. The third-order valence-corrected chi connectivity index (χ3v) is 6.27. The second kappa shape index (κ2) is 7.53. The zero-order valence-corrected chi connectivity index (χ0v) is 17.2. The SMILES string of the molecule is COc1ccc2c(c1)c1nc3n(c(=O)c1n2CC(=O)NCc1ccccc1)CCS3. The molecule has 1 N–H and O–H groups in total. The van der Waals surface area contributed by atoms with Gasteiger partial charge >= 0.3 is 0 Å². The Kier molecular flexibility index (Phi) is 4.71. The van der Waals surface area contributed by atoms with E-state index in [1.54, 1.807) is 28.0 Å². The maximum Gasteiger partial charge on any atom is 0.278 e. The first-order valence-corrected chi connectivity index (χ1v) is 10.7. The molecule has 1 aliphatic rings. The summed E-state index contributed by atoms with van der Waals surface area (Å²) in [5.74, 6) is 1.35. The minimum atomic E-state index is -0.159. The van der Waals surface area contributed by atoms with Crippen molar-refractivity contribution in [1.29, 1.82) is 0 Å². The second-order valence-corrected chi connectivity index (χ2v) is 8.19. The Morgan fingerprint density at radius 1 is 1.23 bits per heavy atom. The zero-order valence-electron chi connectivity index (χ0n) is 16.4. The van der Waals surface area contributed by atoms with Crippen LogP contribution in [0, 0.1) is 0 Å². The third kappa shape index (κ3) is 3.13. The highest BCUT2D eigenvalue weighted by Gasteiger charge is 2.23. The minimum absolute atomic E-state index is 0.0442. The summed E-state index contributed by atoms with van der Waals surface area (Å²) in [6, 6.07) is 15.3. The number of thioether (sulfide) groups is 1. The zero-order chi connectivity index (χ0) is 20.7. The van der Waals surface area contributed by atoms with E-state index in [9.17, 15) is 9.59 Å². The number of ether oxygens (including phenoxy) is 1. The van der Waals surface area contributed by atoms with Gasteiger partial charge in [-0.1, -0.05) is 42.1 Å². The van der Waals surface area contributed by atoms with E-state index >= 15 is 0 Å². The van der Waals surface area contributed by atoms with Crippen molar-refractivity contribution in [2.45, 2.75) is 24.8 Å². The Hall–Kier alpha value is -3.26. The molecule has 0 saturated heterocycles. The minimum Gasteiger partial charge on any atom is -0.497 e. The van der Waals surface area contributed by atoms with Crippen molar-refractivity contribution in [3.8, 4) is 5.75 Å². The molecule has 8 heteroatoms. The highest BCUT2D eigenvalue weighted by Crippen LogP contribution is 2.32. The molecule has 7 nitrogen and oxygen atoms in total. The maximum atomic E-state index is 13.3. The van der Waals surface area contributed by atoms with Crippen LogP contribution in [0.15, 0.2) is 58.5 Å². The molecule has 0 aliphatic carbocycles. The first kappa shape index (κ1) is 18.7. The van der Waals surface area contributed by atoms with Crippen molar-refractivity contribution in [3.05, 3.63) is 64.4 Å². The normalized spacial score (nSPS) is 13.0. The number of rotatable bonds is 5. The lowest BCUT2D eigenvalue weighted by Crippen LogP contribution is -2.29. The summed E-state index contributed by atoms with van der Waals surface area (Å²) in [6.45, 7) is 1.11. The second-order valence-electron chi connectivity index (χ2n) is 7.13. The molecule has 4 aromatic rings. The van der Waals surface area contributed by atoms with E-state index in [0.29, 0.717) is 29.9 Å². The van der Waals surface area contributed by atoms with E-state index in [1.165, 1.54) is 0 Å². The fourth-order valence-electron chi connectivity index (χ4n) is 3.84. The fourth-order valence-corrected chi connectivity index (χ4v) is 4.78. The molecule has 0 bridgehead atoms. The summed E-state index contributed by atoms with van der Waals surface area (Å²) in [5.41, 5.74) is 2.78. The van der Waals surface area contributed by atoms with E-state index in [4.69, 9.17) is 9.72 Å². The van der Waals surface area contributed by atoms with Gasteiger partial charge in [0.05, 0.1) is 12.6 Å². The highest BCUT2D eigenvalue weighted by atomic mass is 32.2. The average molecular weight is 420 g/mol. The molecule has 1 amide bonds. The quantitative estimate of drug-likeness (QED) is 0.503. The van der Waals surface area contributed by atoms with E-state index in [-0.39, 0.29) is 18.0 Å². The van der Waals surface area contributed by atoms with Gasteiger partial charge in [-0.2, -0.15) is 0 Å². The van der Waals surface area contributed by atoms with E-state index in [0.717, 1.165) is 27.4 Å². The van der Waals surface area contributed by atoms with Crippen LogP contribution in [0.3, 0.4) is 0 Å². The van der Waals surface area contributed by atoms with Crippen LogP contribution in [-0.2, 0) is 24.4 Å². The first-order chi connectivity index (χ1) is 14.7. The Morgan fingerprint density at radius 3 is 2.87 bits per heavy atom. The van der Waals surface area contributed by atoms with Crippen LogP contribution in [0.25, 0.3) is 21.9 Å². The summed E-state index contributed by atoms with van der Waals surface area (Å²) < 4.78 is 8.84. The van der Waals surface area contributed by atoms with Gasteiger partial charge in [0.2, 0.25) is 5.91 Å². The Labute approximate surface area is 176 Å². The van der Waals surface area contributed by atoms with Crippen molar-refractivity contribution >= 4 is 39.6 Å². The standard InChI is InChI=1S/C22H20N4O3S/c1-29-15-7-8-17-16(11-15)19-20(21(28)25-9-10-30-22(25)24-19)26(17)13-18(27)23-12-14-5-3-2-4-6-14/h2-8,11H,9-10,12-13H2,1H3,(H,23,27). The van der Waals surface area contributed by atoms with Gasteiger partial charge in [-0.3, -0.25) is 14.2 Å². The molecule has 5 rings (SSSR count).